The summed E-state index contributed by atoms with van der Waals surface area (Å²) < 4.78 is 7.74. The fraction of sp³-hybridized carbons (Fsp3) is 0.500. The molecule has 1 fully saturated rings. The van der Waals surface area contributed by atoms with Crippen LogP contribution in [0.2, 0.25) is 0 Å². The number of pyridine rings is 1. The molecule has 0 N–H and O–H groups in total. The molecule has 1 aromatic heterocycles. The van der Waals surface area contributed by atoms with Crippen molar-refractivity contribution in [3.8, 4) is 12.1 Å². The van der Waals surface area contributed by atoms with E-state index in [1.807, 2.05) is 23.0 Å². The lowest BCUT2D eigenvalue weighted by atomic mass is 10.0. The molecule has 1 aliphatic heterocycles. The van der Waals surface area contributed by atoms with E-state index in [2.05, 4.69) is 11.1 Å². The molecular weight excluding hydrogens is 272 g/mol. The van der Waals surface area contributed by atoms with E-state index in [0.717, 1.165) is 25.9 Å². The first-order chi connectivity index (χ1) is 9.76. The van der Waals surface area contributed by atoms with Gasteiger partial charge in [0.15, 0.2) is 0 Å². The zero-order valence-corrected chi connectivity index (χ0v) is 12.0. The van der Waals surface area contributed by atoms with Crippen molar-refractivity contribution in [1.82, 2.24) is 4.68 Å². The molecule has 104 valence electrons. The van der Waals surface area contributed by atoms with Crippen molar-refractivity contribution in [3.05, 3.63) is 28.5 Å². The summed E-state index contributed by atoms with van der Waals surface area (Å²) in [5, 5.41) is 19.7. The molecule has 0 aromatic carbocycles. The first kappa shape index (κ1) is 14.5. The molecule has 1 saturated heterocycles. The van der Waals surface area contributed by atoms with Crippen LogP contribution in [-0.2, 0) is 4.74 Å². The number of piperidine rings is 1. The number of nitrogens with zero attached hydrogens (tertiary/aromatic N) is 4. The van der Waals surface area contributed by atoms with Crippen LogP contribution >= 0.6 is 12.2 Å². The quantitative estimate of drug-likeness (QED) is 0.626. The Morgan fingerprint density at radius 3 is 3.05 bits per heavy atom. The fourth-order valence-electron chi connectivity index (χ4n) is 2.44. The van der Waals surface area contributed by atoms with E-state index in [0.29, 0.717) is 22.7 Å². The maximum Gasteiger partial charge on any atom is 0.143 e. The molecule has 1 unspecified atom stereocenters. The van der Waals surface area contributed by atoms with Gasteiger partial charge in [-0.15, -0.1) is 0 Å². The molecule has 20 heavy (non-hydrogen) atoms. The van der Waals surface area contributed by atoms with E-state index in [9.17, 15) is 0 Å². The second-order valence-corrected chi connectivity index (χ2v) is 5.16. The summed E-state index contributed by atoms with van der Waals surface area (Å²) in [6, 6.07) is 7.67. The van der Waals surface area contributed by atoms with Crippen LogP contribution in [0, 0.1) is 33.2 Å². The summed E-state index contributed by atoms with van der Waals surface area (Å²) in [4.78, 5) is 0. The molecule has 6 heteroatoms. The Morgan fingerprint density at radius 2 is 2.30 bits per heavy atom. The first-order valence-electron chi connectivity index (χ1n) is 6.58. The summed E-state index contributed by atoms with van der Waals surface area (Å²) in [7, 11) is 0. The van der Waals surface area contributed by atoms with Gasteiger partial charge >= 0.3 is 0 Å². The Balaban J connectivity index is 2.08. The van der Waals surface area contributed by atoms with Crippen molar-refractivity contribution < 1.29 is 4.74 Å². The molecule has 2 rings (SSSR count). The van der Waals surface area contributed by atoms with Crippen LogP contribution in [0.3, 0.4) is 0 Å². The summed E-state index contributed by atoms with van der Waals surface area (Å²) in [5.74, 6) is 0.393. The van der Waals surface area contributed by atoms with Gasteiger partial charge in [0.1, 0.15) is 17.3 Å². The predicted molar refractivity (Wildman–Crippen MR) is 77.1 cm³/mol. The molecule has 0 bridgehead atoms. The number of rotatable bonds is 4. The third-order valence-corrected chi connectivity index (χ3v) is 3.78. The van der Waals surface area contributed by atoms with Crippen molar-refractivity contribution in [2.75, 3.05) is 31.3 Å². The smallest absolute Gasteiger partial charge is 0.143 e. The summed E-state index contributed by atoms with van der Waals surface area (Å²) in [5.41, 5.74) is 0.519. The Hall–Kier alpha value is -1.89. The lowest BCUT2D eigenvalue weighted by Crippen LogP contribution is -2.44. The van der Waals surface area contributed by atoms with Gasteiger partial charge in [0.2, 0.25) is 0 Å². The Bertz CT molecular complexity index is 598. The minimum Gasteiger partial charge on any atom is -0.366 e. The molecular formula is C14H16N4OS. The Labute approximate surface area is 123 Å². The third-order valence-electron chi connectivity index (χ3n) is 3.37. The topological polar surface area (TPSA) is 65.0 Å². The SMILES string of the molecule is N#CCOCC1CCCN(n2cccc(C#N)c2=S)C1. The molecule has 0 radical (unpaired) electrons. The Kier molecular flexibility index (Phi) is 5.11. The van der Waals surface area contributed by atoms with E-state index in [4.69, 9.17) is 27.5 Å². The molecule has 0 aliphatic carbocycles. The fourth-order valence-corrected chi connectivity index (χ4v) is 2.73. The second kappa shape index (κ2) is 7.04. The van der Waals surface area contributed by atoms with Gasteiger partial charge in [-0.2, -0.15) is 10.5 Å². The normalized spacial score (nSPS) is 18.3. The highest BCUT2D eigenvalue weighted by Gasteiger charge is 2.20. The van der Waals surface area contributed by atoms with Crippen LogP contribution in [0.25, 0.3) is 0 Å². The summed E-state index contributed by atoms with van der Waals surface area (Å²) in [6.07, 6.45) is 4.04. The van der Waals surface area contributed by atoms with Gasteiger partial charge in [0.05, 0.1) is 18.2 Å². The highest BCUT2D eigenvalue weighted by Crippen LogP contribution is 2.17. The maximum atomic E-state index is 9.04. The Morgan fingerprint density at radius 1 is 1.45 bits per heavy atom. The van der Waals surface area contributed by atoms with Crippen molar-refractivity contribution >= 4 is 12.2 Å². The summed E-state index contributed by atoms with van der Waals surface area (Å²) >= 11 is 5.34. The van der Waals surface area contributed by atoms with Gasteiger partial charge in [0.25, 0.3) is 0 Å². The van der Waals surface area contributed by atoms with Crippen LogP contribution < -0.4 is 5.01 Å². The van der Waals surface area contributed by atoms with E-state index < -0.39 is 0 Å². The van der Waals surface area contributed by atoms with Crippen LogP contribution in [0.15, 0.2) is 18.3 Å². The van der Waals surface area contributed by atoms with Crippen LogP contribution in [0.4, 0.5) is 0 Å². The van der Waals surface area contributed by atoms with Crippen molar-refractivity contribution in [2.24, 2.45) is 5.92 Å². The number of hydrogen-bond acceptors (Lipinski definition) is 5. The maximum absolute atomic E-state index is 9.04. The lowest BCUT2D eigenvalue weighted by Gasteiger charge is -2.35. The van der Waals surface area contributed by atoms with E-state index in [1.165, 1.54) is 0 Å². The zero-order valence-electron chi connectivity index (χ0n) is 11.2. The molecule has 0 spiro atoms. The average Bonchev–Trinajstić information content (AvgIpc) is 2.48. The lowest BCUT2D eigenvalue weighted by molar-refractivity contribution is 0.114. The number of hydrogen-bond donors (Lipinski definition) is 0. The van der Waals surface area contributed by atoms with E-state index >= 15 is 0 Å². The molecule has 2 heterocycles. The second-order valence-electron chi connectivity index (χ2n) is 4.78. The number of nitriles is 2. The standard InChI is InChI=1S/C14H16N4OS/c15-5-8-19-11-12-3-1-6-17(10-12)18-7-2-4-13(9-16)14(18)20/h2,4,7,12H,1,3,6,8,10-11H2. The zero-order chi connectivity index (χ0) is 14.4. The molecule has 0 saturated carbocycles. The average molecular weight is 288 g/mol. The number of aromatic nitrogens is 1. The molecule has 0 amide bonds. The van der Waals surface area contributed by atoms with E-state index in [1.54, 1.807) is 6.07 Å². The van der Waals surface area contributed by atoms with Crippen molar-refractivity contribution in [3.63, 3.8) is 0 Å². The van der Waals surface area contributed by atoms with Crippen LogP contribution in [-0.4, -0.2) is 31.0 Å². The van der Waals surface area contributed by atoms with Gasteiger partial charge in [-0.05, 0) is 25.0 Å². The molecule has 1 aliphatic rings. The van der Waals surface area contributed by atoms with Gasteiger partial charge in [-0.25, -0.2) is 0 Å². The molecule has 5 nitrogen and oxygen atoms in total. The van der Waals surface area contributed by atoms with Crippen molar-refractivity contribution in [1.29, 1.82) is 10.5 Å². The number of ether oxygens (including phenoxy) is 1. The minimum absolute atomic E-state index is 0.139. The largest absolute Gasteiger partial charge is 0.366 e. The molecule has 1 atom stereocenters. The van der Waals surface area contributed by atoms with Gasteiger partial charge in [-0.1, -0.05) is 12.2 Å². The van der Waals surface area contributed by atoms with Crippen molar-refractivity contribution in [2.45, 2.75) is 12.8 Å². The third kappa shape index (κ3) is 3.36. The minimum atomic E-state index is 0.139. The van der Waals surface area contributed by atoms with Crippen LogP contribution in [0.1, 0.15) is 18.4 Å². The highest BCUT2D eigenvalue weighted by atomic mass is 32.1. The van der Waals surface area contributed by atoms with Gasteiger partial charge < -0.3 is 9.75 Å². The monoisotopic (exact) mass is 288 g/mol. The summed E-state index contributed by atoms with van der Waals surface area (Å²) in [6.45, 7) is 2.47. The van der Waals surface area contributed by atoms with E-state index in [-0.39, 0.29) is 6.61 Å². The van der Waals surface area contributed by atoms with Gasteiger partial charge in [-0.3, -0.25) is 4.68 Å². The first-order valence-corrected chi connectivity index (χ1v) is 6.98. The predicted octanol–water partition coefficient (Wildman–Crippen LogP) is 1.98. The molecule has 1 aromatic rings. The van der Waals surface area contributed by atoms with Crippen LogP contribution in [0.5, 0.6) is 0 Å². The highest BCUT2D eigenvalue weighted by molar-refractivity contribution is 7.71. The van der Waals surface area contributed by atoms with Gasteiger partial charge in [0, 0.05) is 25.2 Å².